The number of carbonyl (C=O) groups is 1. The zero-order valence-electron chi connectivity index (χ0n) is 8.77. The Morgan fingerprint density at radius 3 is 3.27 bits per heavy atom. The minimum atomic E-state index is -0.0857. The van der Waals surface area contributed by atoms with E-state index in [0.717, 1.165) is 19.5 Å². The third-order valence-corrected chi connectivity index (χ3v) is 2.66. The van der Waals surface area contributed by atoms with Gasteiger partial charge in [0.1, 0.15) is 6.26 Å². The molecule has 1 N–H and O–H groups in total. The summed E-state index contributed by atoms with van der Waals surface area (Å²) in [5.74, 6) is -0.0857. The fraction of sp³-hybridized carbons (Fsp3) is 0.600. The molecule has 1 aliphatic rings. The van der Waals surface area contributed by atoms with Gasteiger partial charge in [-0.3, -0.25) is 4.79 Å². The van der Waals surface area contributed by atoms with Crippen LogP contribution in [0.25, 0.3) is 0 Å². The lowest BCUT2D eigenvalue weighted by atomic mass is 10.2. The highest BCUT2D eigenvalue weighted by Crippen LogP contribution is 2.08. The molecule has 1 unspecified atom stereocenters. The van der Waals surface area contributed by atoms with Crippen LogP contribution in [-0.4, -0.2) is 42.1 Å². The van der Waals surface area contributed by atoms with Gasteiger partial charge in [-0.05, 0) is 19.4 Å². The van der Waals surface area contributed by atoms with Crippen molar-refractivity contribution in [1.82, 2.24) is 15.4 Å². The molecule has 0 saturated carbocycles. The predicted octanol–water partition coefficient (Wildman–Crippen LogP) is 0.499. The largest absolute Gasteiger partial charge is 0.364 e. The Morgan fingerprint density at radius 2 is 2.67 bits per heavy atom. The maximum Gasteiger partial charge on any atom is 0.275 e. The van der Waals surface area contributed by atoms with Crippen LogP contribution in [0, 0.1) is 0 Å². The Labute approximate surface area is 88.4 Å². The molecule has 1 aromatic rings. The van der Waals surface area contributed by atoms with Crippen LogP contribution < -0.4 is 5.32 Å². The van der Waals surface area contributed by atoms with Crippen LogP contribution >= 0.6 is 0 Å². The third kappa shape index (κ3) is 2.36. The van der Waals surface area contributed by atoms with E-state index in [0.29, 0.717) is 11.7 Å². The van der Waals surface area contributed by atoms with Crippen LogP contribution in [0.1, 0.15) is 23.3 Å². The first-order valence-electron chi connectivity index (χ1n) is 5.16. The second-order valence-electron chi connectivity index (χ2n) is 3.86. The number of hydrogen-bond donors (Lipinski definition) is 1. The highest BCUT2D eigenvalue weighted by atomic mass is 16.5. The van der Waals surface area contributed by atoms with Gasteiger partial charge < -0.3 is 14.7 Å². The Kier molecular flexibility index (Phi) is 3.01. The molecule has 0 bridgehead atoms. The Balaban J connectivity index is 1.90. The second kappa shape index (κ2) is 4.44. The summed E-state index contributed by atoms with van der Waals surface area (Å²) in [5.41, 5.74) is 0.371. The maximum atomic E-state index is 11.8. The molecule has 1 saturated heterocycles. The van der Waals surface area contributed by atoms with Crippen molar-refractivity contribution in [2.24, 2.45) is 0 Å². The van der Waals surface area contributed by atoms with Crippen molar-refractivity contribution in [2.45, 2.75) is 18.9 Å². The molecular formula is C10H15N3O2. The average molecular weight is 209 g/mol. The van der Waals surface area contributed by atoms with Crippen LogP contribution in [0.5, 0.6) is 0 Å². The number of aromatic nitrogens is 1. The number of amides is 1. The van der Waals surface area contributed by atoms with E-state index in [-0.39, 0.29) is 5.91 Å². The van der Waals surface area contributed by atoms with Gasteiger partial charge in [0, 0.05) is 25.7 Å². The molecule has 0 aliphatic carbocycles. The molecule has 82 valence electrons. The highest BCUT2D eigenvalue weighted by Gasteiger charge is 2.20. The monoisotopic (exact) mass is 209 g/mol. The lowest BCUT2D eigenvalue weighted by Crippen LogP contribution is -2.38. The van der Waals surface area contributed by atoms with Crippen LogP contribution in [0.2, 0.25) is 0 Å². The van der Waals surface area contributed by atoms with Crippen LogP contribution in [-0.2, 0) is 0 Å². The van der Waals surface area contributed by atoms with Gasteiger partial charge in [-0.25, -0.2) is 0 Å². The van der Waals surface area contributed by atoms with E-state index in [1.54, 1.807) is 18.0 Å². The first-order valence-corrected chi connectivity index (χ1v) is 5.16. The molecule has 5 nitrogen and oxygen atoms in total. The van der Waals surface area contributed by atoms with Gasteiger partial charge in [0.25, 0.3) is 5.91 Å². The fourth-order valence-electron chi connectivity index (χ4n) is 1.84. The Morgan fingerprint density at radius 1 is 1.80 bits per heavy atom. The average Bonchev–Trinajstić information content (AvgIpc) is 2.88. The molecular weight excluding hydrogens is 194 g/mol. The maximum absolute atomic E-state index is 11.8. The van der Waals surface area contributed by atoms with Crippen molar-refractivity contribution in [1.29, 1.82) is 0 Å². The van der Waals surface area contributed by atoms with Crippen molar-refractivity contribution >= 4 is 5.91 Å². The Hall–Kier alpha value is -1.36. The van der Waals surface area contributed by atoms with Gasteiger partial charge in [-0.1, -0.05) is 5.16 Å². The normalized spacial score (nSPS) is 20.5. The van der Waals surface area contributed by atoms with Gasteiger partial charge in [-0.2, -0.15) is 0 Å². The zero-order valence-corrected chi connectivity index (χ0v) is 8.77. The van der Waals surface area contributed by atoms with Gasteiger partial charge in [-0.15, -0.1) is 0 Å². The van der Waals surface area contributed by atoms with Crippen molar-refractivity contribution < 1.29 is 9.32 Å². The molecule has 1 aliphatic heterocycles. The van der Waals surface area contributed by atoms with Gasteiger partial charge in [0.15, 0.2) is 5.69 Å². The molecule has 0 spiro atoms. The molecule has 1 atom stereocenters. The molecule has 2 heterocycles. The van der Waals surface area contributed by atoms with E-state index < -0.39 is 0 Å². The summed E-state index contributed by atoms with van der Waals surface area (Å²) in [4.78, 5) is 13.5. The minimum Gasteiger partial charge on any atom is -0.364 e. The summed E-state index contributed by atoms with van der Waals surface area (Å²) in [5, 5.41) is 6.98. The van der Waals surface area contributed by atoms with Gasteiger partial charge >= 0.3 is 0 Å². The van der Waals surface area contributed by atoms with E-state index in [4.69, 9.17) is 0 Å². The number of nitrogens with one attached hydrogen (secondary N) is 1. The van der Waals surface area contributed by atoms with Gasteiger partial charge in [0.2, 0.25) is 0 Å². The van der Waals surface area contributed by atoms with E-state index in [9.17, 15) is 4.79 Å². The highest BCUT2D eigenvalue weighted by molar-refractivity contribution is 5.91. The van der Waals surface area contributed by atoms with Crippen molar-refractivity contribution in [3.05, 3.63) is 18.0 Å². The molecule has 5 heteroatoms. The Bertz CT molecular complexity index is 317. The predicted molar refractivity (Wildman–Crippen MR) is 54.5 cm³/mol. The fourth-order valence-corrected chi connectivity index (χ4v) is 1.84. The smallest absolute Gasteiger partial charge is 0.275 e. The lowest BCUT2D eigenvalue weighted by molar-refractivity contribution is 0.0773. The SMILES string of the molecule is CN(CC1CCCN1)C(=O)c1ccon1. The van der Waals surface area contributed by atoms with E-state index in [2.05, 4.69) is 15.0 Å². The van der Waals surface area contributed by atoms with E-state index >= 15 is 0 Å². The van der Waals surface area contributed by atoms with Crippen molar-refractivity contribution in [3.8, 4) is 0 Å². The molecule has 1 amide bonds. The standard InChI is InChI=1S/C10H15N3O2/c1-13(7-8-3-2-5-11-8)10(14)9-4-6-15-12-9/h4,6,8,11H,2-3,5,7H2,1H3. The molecule has 1 aromatic heterocycles. The summed E-state index contributed by atoms with van der Waals surface area (Å²) < 4.78 is 4.64. The quantitative estimate of drug-likeness (QED) is 0.787. The molecule has 0 radical (unpaired) electrons. The van der Waals surface area contributed by atoms with Crippen LogP contribution in [0.15, 0.2) is 16.9 Å². The van der Waals surface area contributed by atoms with Crippen molar-refractivity contribution in [3.63, 3.8) is 0 Å². The van der Waals surface area contributed by atoms with Crippen molar-refractivity contribution in [2.75, 3.05) is 20.1 Å². The summed E-state index contributed by atoms with van der Waals surface area (Å²) >= 11 is 0. The minimum absolute atomic E-state index is 0.0857. The lowest BCUT2D eigenvalue weighted by Gasteiger charge is -2.20. The summed E-state index contributed by atoms with van der Waals surface area (Å²) in [6.07, 6.45) is 3.74. The summed E-state index contributed by atoms with van der Waals surface area (Å²) in [6, 6.07) is 2.01. The molecule has 0 aromatic carbocycles. The van der Waals surface area contributed by atoms with Crippen LogP contribution in [0.3, 0.4) is 0 Å². The van der Waals surface area contributed by atoms with Gasteiger partial charge in [0.05, 0.1) is 0 Å². The number of hydrogen-bond acceptors (Lipinski definition) is 4. The first-order chi connectivity index (χ1) is 7.27. The second-order valence-corrected chi connectivity index (χ2v) is 3.86. The number of rotatable bonds is 3. The third-order valence-electron chi connectivity index (χ3n) is 2.66. The van der Waals surface area contributed by atoms with E-state index in [1.165, 1.54) is 12.7 Å². The number of carbonyl (C=O) groups excluding carboxylic acids is 1. The van der Waals surface area contributed by atoms with Crippen LogP contribution in [0.4, 0.5) is 0 Å². The molecule has 15 heavy (non-hydrogen) atoms. The molecule has 2 rings (SSSR count). The van der Waals surface area contributed by atoms with E-state index in [1.807, 2.05) is 0 Å². The molecule has 1 fully saturated rings. The topological polar surface area (TPSA) is 58.4 Å². The first kappa shape index (κ1) is 10.2. The summed E-state index contributed by atoms with van der Waals surface area (Å²) in [7, 11) is 1.79. The number of nitrogens with zero attached hydrogens (tertiary/aromatic N) is 2. The number of likely N-dealkylation sites (N-methyl/N-ethyl adjacent to an activating group) is 1. The zero-order chi connectivity index (χ0) is 10.7. The summed E-state index contributed by atoms with van der Waals surface area (Å²) in [6.45, 7) is 1.78.